The number of nitrogens with one attached hydrogen (secondary N) is 1. The van der Waals surface area contributed by atoms with Crippen LogP contribution in [0.1, 0.15) is 11.1 Å². The number of nitrogens with zero attached hydrogens (tertiary/aromatic N) is 1. The van der Waals surface area contributed by atoms with Gasteiger partial charge in [0.15, 0.2) is 0 Å². The van der Waals surface area contributed by atoms with Crippen LogP contribution in [0.3, 0.4) is 0 Å². The molecule has 3 rings (SSSR count). The summed E-state index contributed by atoms with van der Waals surface area (Å²) in [7, 11) is 1.61. The van der Waals surface area contributed by atoms with Gasteiger partial charge < -0.3 is 14.5 Å². The summed E-state index contributed by atoms with van der Waals surface area (Å²) in [5.74, 6) is 0.749. The van der Waals surface area contributed by atoms with Gasteiger partial charge in [0.2, 0.25) is 0 Å². The van der Waals surface area contributed by atoms with E-state index in [0.717, 1.165) is 22.6 Å². The summed E-state index contributed by atoms with van der Waals surface area (Å²) in [5.41, 5.74) is 3.47. The van der Waals surface area contributed by atoms with E-state index in [-0.39, 0.29) is 6.01 Å². The van der Waals surface area contributed by atoms with E-state index in [1.54, 1.807) is 14.0 Å². The molecular formula is C19H18N2O3. The van der Waals surface area contributed by atoms with Gasteiger partial charge in [0.1, 0.15) is 5.75 Å². The van der Waals surface area contributed by atoms with Crippen molar-refractivity contribution in [3.05, 3.63) is 70.1 Å². The standard InChI is InChI=1S/C19H18N2O3/c1-12-4-6-14(7-5-12)17-13(2)18(22)24-19(21-17)20-15-8-10-16(23-3)11-9-15/h4-11H,1-3H3,(H,20,21). The third kappa shape index (κ3) is 3.30. The molecule has 0 aliphatic carbocycles. The van der Waals surface area contributed by atoms with Crippen LogP contribution in [0.4, 0.5) is 11.7 Å². The molecule has 122 valence electrons. The maximum atomic E-state index is 12.1. The zero-order valence-corrected chi connectivity index (χ0v) is 13.8. The minimum Gasteiger partial charge on any atom is -0.497 e. The minimum atomic E-state index is -0.406. The van der Waals surface area contributed by atoms with Crippen molar-refractivity contribution in [2.24, 2.45) is 0 Å². The molecule has 0 amide bonds. The highest BCUT2D eigenvalue weighted by atomic mass is 16.5. The van der Waals surface area contributed by atoms with Crippen molar-refractivity contribution in [3.8, 4) is 17.0 Å². The van der Waals surface area contributed by atoms with E-state index in [2.05, 4.69) is 10.3 Å². The Hall–Kier alpha value is -3.08. The number of rotatable bonds is 4. The summed E-state index contributed by atoms with van der Waals surface area (Å²) >= 11 is 0. The van der Waals surface area contributed by atoms with Gasteiger partial charge in [-0.1, -0.05) is 29.8 Å². The fourth-order valence-electron chi connectivity index (χ4n) is 2.31. The lowest BCUT2D eigenvalue weighted by Gasteiger charge is -2.09. The number of ether oxygens (including phenoxy) is 1. The van der Waals surface area contributed by atoms with Gasteiger partial charge >= 0.3 is 11.6 Å². The lowest BCUT2D eigenvalue weighted by atomic mass is 10.1. The molecule has 0 spiro atoms. The normalized spacial score (nSPS) is 10.5. The van der Waals surface area contributed by atoms with Gasteiger partial charge in [-0.3, -0.25) is 0 Å². The van der Waals surface area contributed by atoms with Gasteiger partial charge in [0.05, 0.1) is 18.4 Å². The minimum absolute atomic E-state index is 0.159. The van der Waals surface area contributed by atoms with Crippen molar-refractivity contribution in [2.45, 2.75) is 13.8 Å². The number of aromatic nitrogens is 1. The van der Waals surface area contributed by atoms with Gasteiger partial charge in [0.25, 0.3) is 0 Å². The van der Waals surface area contributed by atoms with E-state index >= 15 is 0 Å². The molecular weight excluding hydrogens is 304 g/mol. The molecule has 0 fully saturated rings. The van der Waals surface area contributed by atoms with Crippen molar-refractivity contribution in [1.29, 1.82) is 0 Å². The highest BCUT2D eigenvalue weighted by molar-refractivity contribution is 5.64. The predicted octanol–water partition coefficient (Wildman–Crippen LogP) is 4.07. The van der Waals surface area contributed by atoms with Gasteiger partial charge in [-0.2, -0.15) is 4.98 Å². The van der Waals surface area contributed by atoms with Crippen LogP contribution >= 0.6 is 0 Å². The molecule has 0 saturated carbocycles. The molecule has 1 aromatic heterocycles. The first-order valence-corrected chi connectivity index (χ1v) is 7.56. The van der Waals surface area contributed by atoms with Crippen LogP contribution in [0.15, 0.2) is 57.7 Å². The molecule has 0 saturated heterocycles. The van der Waals surface area contributed by atoms with E-state index in [0.29, 0.717) is 11.3 Å². The Bertz CT molecular complexity index is 897. The lowest BCUT2D eigenvalue weighted by Crippen LogP contribution is -2.10. The highest BCUT2D eigenvalue weighted by Gasteiger charge is 2.12. The molecule has 0 aliphatic rings. The number of benzene rings is 2. The Morgan fingerprint density at radius 3 is 2.29 bits per heavy atom. The Morgan fingerprint density at radius 1 is 1.00 bits per heavy atom. The highest BCUT2D eigenvalue weighted by Crippen LogP contribution is 2.23. The van der Waals surface area contributed by atoms with Crippen LogP contribution in [0, 0.1) is 13.8 Å². The first kappa shape index (κ1) is 15.8. The summed E-state index contributed by atoms with van der Waals surface area (Å²) in [6.07, 6.45) is 0. The quantitative estimate of drug-likeness (QED) is 0.784. The number of hydrogen-bond donors (Lipinski definition) is 1. The van der Waals surface area contributed by atoms with E-state index in [1.807, 2.05) is 55.5 Å². The second-order valence-corrected chi connectivity index (χ2v) is 5.50. The van der Waals surface area contributed by atoms with Crippen molar-refractivity contribution in [1.82, 2.24) is 4.98 Å². The molecule has 0 radical (unpaired) electrons. The second-order valence-electron chi connectivity index (χ2n) is 5.50. The third-order valence-electron chi connectivity index (χ3n) is 3.73. The number of hydrogen-bond acceptors (Lipinski definition) is 5. The van der Waals surface area contributed by atoms with Gasteiger partial charge in [0, 0.05) is 11.3 Å². The average molecular weight is 322 g/mol. The number of anilines is 2. The molecule has 1 heterocycles. The van der Waals surface area contributed by atoms with Crippen LogP contribution in [0.5, 0.6) is 5.75 Å². The van der Waals surface area contributed by atoms with Crippen LogP contribution in [0.2, 0.25) is 0 Å². The van der Waals surface area contributed by atoms with Crippen molar-refractivity contribution >= 4 is 11.7 Å². The Labute approximate surface area is 139 Å². The SMILES string of the molecule is COc1ccc(Nc2nc(-c3ccc(C)cc3)c(C)c(=O)o2)cc1. The summed E-state index contributed by atoms with van der Waals surface area (Å²) in [4.78, 5) is 16.6. The summed E-state index contributed by atoms with van der Waals surface area (Å²) in [5, 5.41) is 3.01. The van der Waals surface area contributed by atoms with Crippen LogP contribution in [-0.2, 0) is 0 Å². The first-order chi connectivity index (χ1) is 11.6. The van der Waals surface area contributed by atoms with E-state index < -0.39 is 5.63 Å². The Balaban J connectivity index is 1.97. The zero-order valence-electron chi connectivity index (χ0n) is 13.8. The maximum absolute atomic E-state index is 12.1. The molecule has 0 aliphatic heterocycles. The van der Waals surface area contributed by atoms with Crippen LogP contribution in [-0.4, -0.2) is 12.1 Å². The Kier molecular flexibility index (Phi) is 4.33. The summed E-state index contributed by atoms with van der Waals surface area (Å²) in [6.45, 7) is 3.73. The van der Waals surface area contributed by atoms with Gasteiger partial charge in [-0.05, 0) is 38.1 Å². The molecule has 24 heavy (non-hydrogen) atoms. The molecule has 0 bridgehead atoms. The van der Waals surface area contributed by atoms with E-state index in [9.17, 15) is 4.79 Å². The number of methoxy groups -OCH3 is 1. The smallest absolute Gasteiger partial charge is 0.343 e. The molecule has 0 unspecified atom stereocenters. The molecule has 5 heteroatoms. The van der Waals surface area contributed by atoms with E-state index in [4.69, 9.17) is 9.15 Å². The summed E-state index contributed by atoms with van der Waals surface area (Å²) < 4.78 is 10.4. The number of aryl methyl sites for hydroxylation is 1. The van der Waals surface area contributed by atoms with Crippen molar-refractivity contribution in [3.63, 3.8) is 0 Å². The van der Waals surface area contributed by atoms with Gasteiger partial charge in [-0.25, -0.2) is 4.79 Å². The predicted molar refractivity (Wildman–Crippen MR) is 94.0 cm³/mol. The van der Waals surface area contributed by atoms with E-state index in [1.165, 1.54) is 0 Å². The van der Waals surface area contributed by atoms with Crippen molar-refractivity contribution in [2.75, 3.05) is 12.4 Å². The zero-order chi connectivity index (χ0) is 17.1. The summed E-state index contributed by atoms with van der Waals surface area (Å²) in [6, 6.07) is 15.3. The van der Waals surface area contributed by atoms with Crippen LogP contribution < -0.4 is 15.7 Å². The molecule has 3 aromatic rings. The second kappa shape index (κ2) is 6.58. The fraction of sp³-hybridized carbons (Fsp3) is 0.158. The molecule has 1 N–H and O–H groups in total. The molecule has 5 nitrogen and oxygen atoms in total. The largest absolute Gasteiger partial charge is 0.497 e. The maximum Gasteiger partial charge on any atom is 0.343 e. The monoisotopic (exact) mass is 322 g/mol. The van der Waals surface area contributed by atoms with Crippen LogP contribution in [0.25, 0.3) is 11.3 Å². The Morgan fingerprint density at radius 2 is 1.67 bits per heavy atom. The third-order valence-corrected chi connectivity index (χ3v) is 3.73. The fourth-order valence-corrected chi connectivity index (χ4v) is 2.31. The average Bonchev–Trinajstić information content (AvgIpc) is 2.59. The van der Waals surface area contributed by atoms with Gasteiger partial charge in [-0.15, -0.1) is 0 Å². The lowest BCUT2D eigenvalue weighted by molar-refractivity contribution is 0.415. The van der Waals surface area contributed by atoms with Crippen molar-refractivity contribution < 1.29 is 9.15 Å². The first-order valence-electron chi connectivity index (χ1n) is 7.56. The molecule has 2 aromatic carbocycles. The topological polar surface area (TPSA) is 64.4 Å². The molecule has 0 atom stereocenters.